The molecule has 1 unspecified atom stereocenters. The van der Waals surface area contributed by atoms with Crippen LogP contribution < -0.4 is 5.73 Å². The lowest BCUT2D eigenvalue weighted by atomic mass is 9.81. The summed E-state index contributed by atoms with van der Waals surface area (Å²) in [7, 11) is -2.95. The van der Waals surface area contributed by atoms with Gasteiger partial charge in [-0.1, -0.05) is 19.8 Å². The predicted octanol–water partition coefficient (Wildman–Crippen LogP) is 0.549. The maximum absolute atomic E-state index is 11.5. The normalized spacial score (nSPS) is 20.7. The summed E-state index contributed by atoms with van der Waals surface area (Å²) in [6, 6.07) is 0. The molecular weight excluding hydrogens is 226 g/mol. The van der Waals surface area contributed by atoms with Gasteiger partial charge in [-0.15, -0.1) is 0 Å². The zero-order valence-corrected chi connectivity index (χ0v) is 10.8. The van der Waals surface area contributed by atoms with Crippen LogP contribution in [-0.4, -0.2) is 38.2 Å². The molecule has 1 rings (SSSR count). The smallest absolute Gasteiger partial charge is 0.150 e. The molecule has 1 aliphatic carbocycles. The van der Waals surface area contributed by atoms with Crippen molar-refractivity contribution in [3.05, 3.63) is 0 Å². The SMILES string of the molecule is CCS(=O)(=O)CCC(CN)(CO)CC1CC1. The van der Waals surface area contributed by atoms with Crippen molar-refractivity contribution < 1.29 is 13.5 Å². The van der Waals surface area contributed by atoms with Crippen molar-refractivity contribution >= 4 is 9.84 Å². The zero-order chi connectivity index (χ0) is 12.2. The maximum atomic E-state index is 11.5. The van der Waals surface area contributed by atoms with Crippen LogP contribution in [0.2, 0.25) is 0 Å². The lowest BCUT2D eigenvalue weighted by Gasteiger charge is -2.30. The molecule has 3 N–H and O–H groups in total. The minimum Gasteiger partial charge on any atom is -0.396 e. The first-order valence-electron chi connectivity index (χ1n) is 5.98. The van der Waals surface area contributed by atoms with Crippen molar-refractivity contribution in [2.75, 3.05) is 24.7 Å². The van der Waals surface area contributed by atoms with Gasteiger partial charge >= 0.3 is 0 Å². The fourth-order valence-electron chi connectivity index (χ4n) is 1.95. The second kappa shape index (κ2) is 5.47. The van der Waals surface area contributed by atoms with E-state index in [1.54, 1.807) is 6.92 Å². The summed E-state index contributed by atoms with van der Waals surface area (Å²) in [5, 5.41) is 9.45. The highest BCUT2D eigenvalue weighted by Gasteiger charge is 2.36. The van der Waals surface area contributed by atoms with E-state index in [1.165, 1.54) is 12.8 Å². The van der Waals surface area contributed by atoms with Crippen molar-refractivity contribution in [1.82, 2.24) is 0 Å². The van der Waals surface area contributed by atoms with E-state index in [2.05, 4.69) is 0 Å². The first-order chi connectivity index (χ1) is 7.47. The molecule has 0 aliphatic heterocycles. The van der Waals surface area contributed by atoms with E-state index in [0.717, 1.165) is 6.42 Å². The van der Waals surface area contributed by atoms with Crippen molar-refractivity contribution in [2.45, 2.75) is 32.6 Å². The highest BCUT2D eigenvalue weighted by molar-refractivity contribution is 7.91. The quantitative estimate of drug-likeness (QED) is 0.658. The van der Waals surface area contributed by atoms with Gasteiger partial charge in [0.05, 0.1) is 5.75 Å². The Morgan fingerprint density at radius 2 is 2.06 bits per heavy atom. The third kappa shape index (κ3) is 4.03. The molecule has 16 heavy (non-hydrogen) atoms. The van der Waals surface area contributed by atoms with Crippen LogP contribution in [-0.2, 0) is 9.84 Å². The van der Waals surface area contributed by atoms with Gasteiger partial charge in [0.1, 0.15) is 9.84 Å². The molecule has 4 nitrogen and oxygen atoms in total. The summed E-state index contributed by atoms with van der Waals surface area (Å²) in [5.41, 5.74) is 5.34. The topological polar surface area (TPSA) is 80.4 Å². The molecule has 1 saturated carbocycles. The molecule has 0 radical (unpaired) electrons. The Balaban J connectivity index is 2.55. The highest BCUT2D eigenvalue weighted by atomic mass is 32.2. The lowest BCUT2D eigenvalue weighted by molar-refractivity contribution is 0.112. The number of nitrogens with two attached hydrogens (primary N) is 1. The number of aliphatic hydroxyl groups excluding tert-OH is 1. The minimum absolute atomic E-state index is 0.000760. The Labute approximate surface area is 98.1 Å². The van der Waals surface area contributed by atoms with Crippen LogP contribution >= 0.6 is 0 Å². The van der Waals surface area contributed by atoms with Crippen molar-refractivity contribution in [3.8, 4) is 0 Å². The Hall–Kier alpha value is -0.130. The molecule has 1 fully saturated rings. The third-order valence-electron chi connectivity index (χ3n) is 3.57. The molecule has 0 aromatic rings. The van der Waals surface area contributed by atoms with Gasteiger partial charge in [0.2, 0.25) is 0 Å². The van der Waals surface area contributed by atoms with Gasteiger partial charge in [0, 0.05) is 24.3 Å². The Kier molecular flexibility index (Phi) is 4.76. The standard InChI is InChI=1S/C11H23NO3S/c1-2-16(14,15)6-5-11(8-12,9-13)7-10-3-4-10/h10,13H,2-9,12H2,1H3. The monoisotopic (exact) mass is 249 g/mol. The van der Waals surface area contributed by atoms with E-state index in [4.69, 9.17) is 5.73 Å². The summed E-state index contributed by atoms with van der Waals surface area (Å²) >= 11 is 0. The van der Waals surface area contributed by atoms with Crippen LogP contribution in [0.1, 0.15) is 32.6 Å². The van der Waals surface area contributed by atoms with Gasteiger partial charge in [-0.3, -0.25) is 0 Å². The molecule has 96 valence electrons. The summed E-state index contributed by atoms with van der Waals surface area (Å²) in [6.45, 7) is 2.03. The van der Waals surface area contributed by atoms with Gasteiger partial charge in [-0.2, -0.15) is 0 Å². The van der Waals surface area contributed by atoms with Crippen molar-refractivity contribution in [1.29, 1.82) is 0 Å². The Bertz CT molecular complexity index is 305. The largest absolute Gasteiger partial charge is 0.396 e. The molecule has 5 heteroatoms. The van der Waals surface area contributed by atoms with Crippen molar-refractivity contribution in [2.24, 2.45) is 17.1 Å². The molecule has 0 aromatic heterocycles. The zero-order valence-electron chi connectivity index (χ0n) is 9.98. The number of sulfone groups is 1. The van der Waals surface area contributed by atoms with E-state index >= 15 is 0 Å². The number of aliphatic hydroxyl groups is 1. The van der Waals surface area contributed by atoms with Crippen LogP contribution in [0.3, 0.4) is 0 Å². The molecule has 1 atom stereocenters. The summed E-state index contributed by atoms with van der Waals surface area (Å²) in [6.07, 6.45) is 3.76. The van der Waals surface area contributed by atoms with E-state index in [-0.39, 0.29) is 23.5 Å². The molecule has 0 amide bonds. The molecule has 0 heterocycles. The van der Waals surface area contributed by atoms with E-state index in [1.807, 2.05) is 0 Å². The van der Waals surface area contributed by atoms with Gasteiger partial charge in [-0.25, -0.2) is 8.42 Å². The van der Waals surface area contributed by atoms with Gasteiger partial charge in [0.15, 0.2) is 0 Å². The molecule has 0 saturated heterocycles. The second-order valence-corrected chi connectivity index (χ2v) is 7.47. The minimum atomic E-state index is -2.95. The highest BCUT2D eigenvalue weighted by Crippen LogP contribution is 2.41. The number of rotatable bonds is 8. The summed E-state index contributed by atoms with van der Waals surface area (Å²) in [5.74, 6) is 0.969. The molecular formula is C11H23NO3S. The fraction of sp³-hybridized carbons (Fsp3) is 1.00. The third-order valence-corrected chi connectivity index (χ3v) is 5.28. The fourth-order valence-corrected chi connectivity index (χ4v) is 2.98. The maximum Gasteiger partial charge on any atom is 0.150 e. The first kappa shape index (κ1) is 13.9. The van der Waals surface area contributed by atoms with E-state index < -0.39 is 9.84 Å². The average molecular weight is 249 g/mol. The first-order valence-corrected chi connectivity index (χ1v) is 7.80. The van der Waals surface area contributed by atoms with Crippen LogP contribution in [0, 0.1) is 11.3 Å². The van der Waals surface area contributed by atoms with Crippen LogP contribution in [0.25, 0.3) is 0 Å². The summed E-state index contributed by atoms with van der Waals surface area (Å²) < 4.78 is 22.9. The molecule has 1 aliphatic rings. The molecule has 0 bridgehead atoms. The van der Waals surface area contributed by atoms with Crippen LogP contribution in [0.4, 0.5) is 0 Å². The van der Waals surface area contributed by atoms with Crippen molar-refractivity contribution in [3.63, 3.8) is 0 Å². The second-order valence-electron chi connectivity index (χ2n) is 5.00. The average Bonchev–Trinajstić information content (AvgIpc) is 3.08. The van der Waals surface area contributed by atoms with Crippen LogP contribution in [0.15, 0.2) is 0 Å². The van der Waals surface area contributed by atoms with E-state index in [9.17, 15) is 13.5 Å². The number of hydrogen-bond donors (Lipinski definition) is 2. The summed E-state index contributed by atoms with van der Waals surface area (Å²) in [4.78, 5) is 0. The van der Waals surface area contributed by atoms with Gasteiger partial charge in [0.25, 0.3) is 0 Å². The van der Waals surface area contributed by atoms with Gasteiger partial charge < -0.3 is 10.8 Å². The lowest BCUT2D eigenvalue weighted by Crippen LogP contribution is -2.37. The predicted molar refractivity (Wildman–Crippen MR) is 64.9 cm³/mol. The van der Waals surface area contributed by atoms with E-state index in [0.29, 0.717) is 18.9 Å². The number of hydrogen-bond acceptors (Lipinski definition) is 4. The Morgan fingerprint density at radius 3 is 2.44 bits per heavy atom. The van der Waals surface area contributed by atoms with Crippen LogP contribution in [0.5, 0.6) is 0 Å². The molecule has 0 aromatic carbocycles. The Morgan fingerprint density at radius 1 is 1.44 bits per heavy atom. The van der Waals surface area contributed by atoms with Gasteiger partial charge in [-0.05, 0) is 18.8 Å². The molecule has 0 spiro atoms.